The lowest BCUT2D eigenvalue weighted by atomic mass is 9.80. The maximum absolute atomic E-state index is 16.5. The van der Waals surface area contributed by atoms with Crippen LogP contribution >= 0.6 is 0 Å². The van der Waals surface area contributed by atoms with Gasteiger partial charge in [-0.3, -0.25) is 0 Å². The van der Waals surface area contributed by atoms with Gasteiger partial charge in [-0.25, -0.2) is 17.6 Å². The van der Waals surface area contributed by atoms with Gasteiger partial charge in [-0.05, 0) is 83.3 Å². The maximum Gasteiger partial charge on any atom is 0.170 e. The highest BCUT2D eigenvalue weighted by atomic mass is 19.2. The molecule has 2 aliphatic carbocycles. The predicted octanol–water partition coefficient (Wildman–Crippen LogP) is 11.4. The van der Waals surface area contributed by atoms with E-state index in [0.717, 1.165) is 55.6 Å². The third-order valence-corrected chi connectivity index (χ3v) is 9.95. The Labute approximate surface area is 256 Å². The molecule has 2 aliphatic rings. The molecule has 0 atom stereocenters. The van der Waals surface area contributed by atoms with Gasteiger partial charge in [0.2, 0.25) is 0 Å². The number of aryl methyl sites for hydroxylation is 4. The molecule has 0 amide bonds. The van der Waals surface area contributed by atoms with Crippen molar-refractivity contribution in [3.8, 4) is 44.5 Å². The first-order valence-corrected chi connectivity index (χ1v) is 15.0. The second-order valence-corrected chi connectivity index (χ2v) is 13.8. The molecule has 0 aliphatic heterocycles. The van der Waals surface area contributed by atoms with Crippen molar-refractivity contribution in [2.75, 3.05) is 0 Å². The topological polar surface area (TPSA) is 0 Å². The van der Waals surface area contributed by atoms with Gasteiger partial charge in [0.15, 0.2) is 23.3 Å². The van der Waals surface area contributed by atoms with E-state index in [1.165, 1.54) is 0 Å². The third kappa shape index (κ3) is 3.69. The molecular weight excluding hydrogens is 556 g/mol. The lowest BCUT2D eigenvalue weighted by molar-refractivity contribution is 0.463. The molecule has 0 heterocycles. The lowest BCUT2D eigenvalue weighted by Gasteiger charge is -2.23. The summed E-state index contributed by atoms with van der Waals surface area (Å²) in [5.41, 5.74) is 8.35. The van der Waals surface area contributed by atoms with Gasteiger partial charge in [0.05, 0.1) is 11.1 Å². The summed E-state index contributed by atoms with van der Waals surface area (Å²) in [6.45, 7) is 15.9. The van der Waals surface area contributed by atoms with Gasteiger partial charge in [0, 0.05) is 10.8 Å². The van der Waals surface area contributed by atoms with Gasteiger partial charge >= 0.3 is 0 Å². The molecule has 0 saturated carbocycles. The fourth-order valence-corrected chi connectivity index (χ4v) is 7.71. The first kappa shape index (κ1) is 28.6. The molecule has 44 heavy (non-hydrogen) atoms. The van der Waals surface area contributed by atoms with Crippen LogP contribution in [0.15, 0.2) is 60.7 Å². The molecule has 7 rings (SSSR count). The van der Waals surface area contributed by atoms with Crippen LogP contribution in [0.5, 0.6) is 0 Å². The van der Waals surface area contributed by atoms with Crippen LogP contribution in [-0.2, 0) is 10.8 Å². The van der Waals surface area contributed by atoms with Crippen LogP contribution in [0.4, 0.5) is 17.6 Å². The van der Waals surface area contributed by atoms with Crippen LogP contribution in [-0.4, -0.2) is 0 Å². The van der Waals surface area contributed by atoms with E-state index in [1.807, 2.05) is 64.1 Å². The number of fused-ring (bicyclic) bond motifs is 6. The minimum atomic E-state index is -1.39. The van der Waals surface area contributed by atoms with Crippen LogP contribution in [0, 0.1) is 51.0 Å². The standard InChI is InChI=1S/C40H34F4/c1-19-9-11-23-27(15-19)39(5,6)29-17-21(3)13-25(31(23)29)33-35(41)37(43)34(38(44)36(33)42)26-14-22(4)18-30-32(26)24-12-10-20(2)16-28(24)40(30,7)8/h9-18H,1-8H3. The minimum Gasteiger partial charge on any atom is -0.203 e. The Bertz CT molecular complexity index is 1920. The Kier molecular flexibility index (Phi) is 5.96. The molecule has 0 saturated heterocycles. The Hall–Kier alpha value is -4.18. The van der Waals surface area contributed by atoms with E-state index in [2.05, 4.69) is 39.8 Å². The molecule has 222 valence electrons. The molecule has 0 nitrogen and oxygen atoms in total. The Morgan fingerprint density at radius 2 is 0.682 bits per heavy atom. The summed E-state index contributed by atoms with van der Waals surface area (Å²) >= 11 is 0. The van der Waals surface area contributed by atoms with Crippen LogP contribution in [0.3, 0.4) is 0 Å². The van der Waals surface area contributed by atoms with Crippen molar-refractivity contribution in [2.45, 2.75) is 66.2 Å². The smallest absolute Gasteiger partial charge is 0.170 e. The predicted molar refractivity (Wildman–Crippen MR) is 171 cm³/mol. The first-order valence-electron chi connectivity index (χ1n) is 15.0. The van der Waals surface area contributed by atoms with E-state index in [-0.39, 0.29) is 11.1 Å². The van der Waals surface area contributed by atoms with Gasteiger partial charge < -0.3 is 0 Å². The highest BCUT2D eigenvalue weighted by molar-refractivity contribution is 5.96. The lowest BCUT2D eigenvalue weighted by Crippen LogP contribution is -2.15. The van der Waals surface area contributed by atoms with Gasteiger partial charge in [-0.1, -0.05) is 111 Å². The summed E-state index contributed by atoms with van der Waals surface area (Å²) in [7, 11) is 0. The molecule has 4 heteroatoms. The number of benzene rings is 5. The third-order valence-electron chi connectivity index (χ3n) is 9.95. The van der Waals surface area contributed by atoms with Crippen LogP contribution in [0.2, 0.25) is 0 Å². The Balaban J connectivity index is 1.53. The van der Waals surface area contributed by atoms with Crippen LogP contribution in [0.25, 0.3) is 44.5 Å². The average Bonchev–Trinajstić information content (AvgIpc) is 3.31. The summed E-state index contributed by atoms with van der Waals surface area (Å²) in [6.07, 6.45) is 0. The molecule has 0 unspecified atom stereocenters. The number of halogens is 4. The first-order chi connectivity index (χ1) is 20.6. The van der Waals surface area contributed by atoms with Crippen molar-refractivity contribution in [1.82, 2.24) is 0 Å². The van der Waals surface area contributed by atoms with E-state index >= 15 is 17.6 Å². The van der Waals surface area contributed by atoms with Gasteiger partial charge in [-0.2, -0.15) is 0 Å². The number of rotatable bonds is 2. The van der Waals surface area contributed by atoms with E-state index in [0.29, 0.717) is 11.1 Å². The van der Waals surface area contributed by atoms with Crippen molar-refractivity contribution in [2.24, 2.45) is 0 Å². The fourth-order valence-electron chi connectivity index (χ4n) is 7.71. The Morgan fingerprint density at radius 1 is 0.364 bits per heavy atom. The zero-order chi connectivity index (χ0) is 31.6. The maximum atomic E-state index is 16.5. The van der Waals surface area contributed by atoms with Crippen molar-refractivity contribution >= 4 is 0 Å². The molecule has 0 spiro atoms. The van der Waals surface area contributed by atoms with E-state index < -0.39 is 45.2 Å². The average molecular weight is 591 g/mol. The molecule has 0 radical (unpaired) electrons. The van der Waals surface area contributed by atoms with Gasteiger partial charge in [-0.15, -0.1) is 0 Å². The normalized spacial score (nSPS) is 15.2. The molecule has 5 aromatic carbocycles. The van der Waals surface area contributed by atoms with E-state index in [4.69, 9.17) is 0 Å². The summed E-state index contributed by atoms with van der Waals surface area (Å²) in [5.74, 6) is -5.55. The number of hydrogen-bond donors (Lipinski definition) is 0. The Morgan fingerprint density at radius 3 is 1.02 bits per heavy atom. The van der Waals surface area contributed by atoms with Gasteiger partial charge in [0.25, 0.3) is 0 Å². The van der Waals surface area contributed by atoms with Gasteiger partial charge in [0.1, 0.15) is 0 Å². The molecule has 5 aromatic rings. The summed E-state index contributed by atoms with van der Waals surface area (Å²) in [5, 5.41) is 0. The van der Waals surface area contributed by atoms with Crippen molar-refractivity contribution in [1.29, 1.82) is 0 Å². The molecule has 0 fully saturated rings. The molecule has 0 aromatic heterocycles. The summed E-state index contributed by atoms with van der Waals surface area (Å²) in [4.78, 5) is 0. The van der Waals surface area contributed by atoms with Crippen LogP contribution < -0.4 is 0 Å². The fraction of sp³-hybridized carbons (Fsp3) is 0.250. The van der Waals surface area contributed by atoms with Crippen molar-refractivity contribution in [3.05, 3.63) is 128 Å². The second-order valence-electron chi connectivity index (χ2n) is 13.8. The largest absolute Gasteiger partial charge is 0.203 e. The van der Waals surface area contributed by atoms with E-state index in [1.54, 1.807) is 12.1 Å². The van der Waals surface area contributed by atoms with E-state index in [9.17, 15) is 0 Å². The summed E-state index contributed by atoms with van der Waals surface area (Å²) < 4.78 is 65.9. The van der Waals surface area contributed by atoms with Crippen molar-refractivity contribution < 1.29 is 17.6 Å². The quantitative estimate of drug-likeness (QED) is 0.142. The number of hydrogen-bond acceptors (Lipinski definition) is 0. The van der Waals surface area contributed by atoms with Crippen molar-refractivity contribution in [3.63, 3.8) is 0 Å². The molecular formula is C40H34F4. The monoisotopic (exact) mass is 590 g/mol. The highest BCUT2D eigenvalue weighted by Gasteiger charge is 2.41. The minimum absolute atomic E-state index is 0.159. The molecule has 0 bridgehead atoms. The summed E-state index contributed by atoms with van der Waals surface area (Å²) in [6, 6.07) is 19.2. The SMILES string of the molecule is Cc1ccc2c(c1)C(C)(C)c1cc(C)cc(-c3c(F)c(F)c(-c4cc(C)cc5c4-c4ccc(C)cc4C5(C)C)c(F)c3F)c1-2. The second kappa shape index (κ2) is 9.17. The zero-order valence-electron chi connectivity index (χ0n) is 26.3. The zero-order valence-corrected chi connectivity index (χ0v) is 26.3. The molecule has 0 N–H and O–H groups in total. The van der Waals surface area contributed by atoms with Crippen LogP contribution in [0.1, 0.15) is 72.2 Å². The highest BCUT2D eigenvalue weighted by Crippen LogP contribution is 2.56.